The quantitative estimate of drug-likeness (QED) is 0.195. The maximum absolute atomic E-state index is 13.6. The van der Waals surface area contributed by atoms with Gasteiger partial charge < -0.3 is 24.5 Å². The van der Waals surface area contributed by atoms with Crippen molar-refractivity contribution in [2.45, 2.75) is 31.1 Å². The minimum atomic E-state index is -4.19. The first kappa shape index (κ1) is 29.8. The third kappa shape index (κ3) is 7.15. The number of ether oxygens (including phenoxy) is 3. The number of sulfonamides is 1. The lowest BCUT2D eigenvalue weighted by Gasteiger charge is -2.20. The van der Waals surface area contributed by atoms with Crippen LogP contribution in [0.15, 0.2) is 71.9 Å². The summed E-state index contributed by atoms with van der Waals surface area (Å²) < 4.78 is 47.1. The van der Waals surface area contributed by atoms with Gasteiger partial charge in [-0.15, -0.1) is 0 Å². The molecule has 4 rings (SSSR count). The highest BCUT2D eigenvalue weighted by atomic mass is 35.5. The van der Waals surface area contributed by atoms with Crippen LogP contribution in [-0.2, 0) is 15.4 Å². The summed E-state index contributed by atoms with van der Waals surface area (Å²) in [6.45, 7) is 5.53. The second kappa shape index (κ2) is 12.2. The zero-order valence-corrected chi connectivity index (χ0v) is 24.4. The zero-order valence-electron chi connectivity index (χ0n) is 22.8. The Hall–Kier alpha value is -4.13. The SMILES string of the molecule is COc1ccc(Cl)c(Oc2c(NS(=O)(=O)c3ccc(C(C)(C)C)cc3)nc(-c3cc[n+]([O-])cc3)nc2OCCO)c1. The predicted octanol–water partition coefficient (Wildman–Crippen LogP) is 4.70. The molecule has 0 unspecified atom stereocenters. The number of methoxy groups -OCH3 is 1. The molecule has 0 amide bonds. The molecule has 2 N–H and O–H groups in total. The Kier molecular flexibility index (Phi) is 8.86. The molecule has 0 saturated heterocycles. The first-order chi connectivity index (χ1) is 19.4. The van der Waals surface area contributed by atoms with Crippen LogP contribution < -0.4 is 23.7 Å². The van der Waals surface area contributed by atoms with E-state index in [-0.39, 0.29) is 57.6 Å². The minimum absolute atomic E-state index is 0.0130. The first-order valence-electron chi connectivity index (χ1n) is 12.4. The van der Waals surface area contributed by atoms with Gasteiger partial charge in [0.2, 0.25) is 5.75 Å². The van der Waals surface area contributed by atoms with E-state index in [0.717, 1.165) is 5.56 Å². The largest absolute Gasteiger partial charge is 0.619 e. The predicted molar refractivity (Wildman–Crippen MR) is 153 cm³/mol. The van der Waals surface area contributed by atoms with Gasteiger partial charge in [-0.1, -0.05) is 44.5 Å². The number of aromatic nitrogens is 3. The van der Waals surface area contributed by atoms with Gasteiger partial charge in [0.25, 0.3) is 15.9 Å². The van der Waals surface area contributed by atoms with E-state index in [9.17, 15) is 18.7 Å². The number of pyridine rings is 1. The lowest BCUT2D eigenvalue weighted by molar-refractivity contribution is -0.605. The van der Waals surface area contributed by atoms with Gasteiger partial charge in [-0.3, -0.25) is 4.72 Å². The van der Waals surface area contributed by atoms with E-state index in [2.05, 4.69) is 14.7 Å². The number of benzene rings is 2. The van der Waals surface area contributed by atoms with Crippen LogP contribution in [0.4, 0.5) is 5.82 Å². The highest BCUT2D eigenvalue weighted by molar-refractivity contribution is 7.92. The fourth-order valence-electron chi connectivity index (χ4n) is 3.64. The average molecular weight is 601 g/mol. The number of hydrogen-bond donors (Lipinski definition) is 2. The molecular formula is C28H29ClN4O7S. The minimum Gasteiger partial charge on any atom is -0.619 e. The van der Waals surface area contributed by atoms with Crippen molar-refractivity contribution in [2.75, 3.05) is 25.0 Å². The van der Waals surface area contributed by atoms with Crippen molar-refractivity contribution in [3.63, 3.8) is 0 Å². The Labute approximate surface area is 243 Å². The molecule has 41 heavy (non-hydrogen) atoms. The van der Waals surface area contributed by atoms with Crippen molar-refractivity contribution >= 4 is 27.4 Å². The Morgan fingerprint density at radius 3 is 2.34 bits per heavy atom. The molecule has 0 aliphatic rings. The molecular weight excluding hydrogens is 572 g/mol. The first-order valence-corrected chi connectivity index (χ1v) is 14.3. The maximum Gasteiger partial charge on any atom is 0.263 e. The molecule has 13 heteroatoms. The average Bonchev–Trinajstić information content (AvgIpc) is 2.94. The van der Waals surface area contributed by atoms with E-state index in [1.165, 1.54) is 49.8 Å². The van der Waals surface area contributed by atoms with Gasteiger partial charge in [0, 0.05) is 23.8 Å². The molecule has 2 aromatic heterocycles. The van der Waals surface area contributed by atoms with E-state index in [4.69, 9.17) is 25.8 Å². The fourth-order valence-corrected chi connectivity index (χ4v) is 4.80. The van der Waals surface area contributed by atoms with Gasteiger partial charge in [-0.05, 0) is 35.2 Å². The molecule has 2 aromatic carbocycles. The van der Waals surface area contributed by atoms with Gasteiger partial charge in [0.05, 0.1) is 23.6 Å². The third-order valence-electron chi connectivity index (χ3n) is 5.84. The molecule has 0 atom stereocenters. The maximum atomic E-state index is 13.6. The topological polar surface area (TPSA) is 147 Å². The number of nitrogens with one attached hydrogen (secondary N) is 1. The van der Waals surface area contributed by atoms with Crippen molar-refractivity contribution in [3.05, 3.63) is 82.8 Å². The molecule has 0 fully saturated rings. The van der Waals surface area contributed by atoms with Crippen LogP contribution in [0.1, 0.15) is 26.3 Å². The van der Waals surface area contributed by atoms with Crippen molar-refractivity contribution < 1.29 is 32.5 Å². The summed E-state index contributed by atoms with van der Waals surface area (Å²) in [6.07, 6.45) is 2.49. The highest BCUT2D eigenvalue weighted by Gasteiger charge is 2.26. The summed E-state index contributed by atoms with van der Waals surface area (Å²) in [5, 5.41) is 21.2. The Balaban J connectivity index is 1.87. The molecule has 0 radical (unpaired) electrons. The van der Waals surface area contributed by atoms with Crippen molar-refractivity contribution in [1.29, 1.82) is 0 Å². The van der Waals surface area contributed by atoms with Crippen molar-refractivity contribution in [2.24, 2.45) is 0 Å². The highest BCUT2D eigenvalue weighted by Crippen LogP contribution is 2.42. The summed E-state index contributed by atoms with van der Waals surface area (Å²) in [6, 6.07) is 14.1. The number of aliphatic hydroxyl groups excluding tert-OH is 1. The van der Waals surface area contributed by atoms with Gasteiger partial charge in [0.1, 0.15) is 18.1 Å². The van der Waals surface area contributed by atoms with Crippen LogP contribution in [0.5, 0.6) is 23.1 Å². The van der Waals surface area contributed by atoms with E-state index in [0.29, 0.717) is 16.0 Å². The molecule has 0 aliphatic heterocycles. The van der Waals surface area contributed by atoms with Crippen LogP contribution >= 0.6 is 11.6 Å². The van der Waals surface area contributed by atoms with E-state index < -0.39 is 10.0 Å². The number of halogens is 1. The molecule has 4 aromatic rings. The number of anilines is 1. The molecule has 216 valence electrons. The lowest BCUT2D eigenvalue weighted by atomic mass is 9.87. The fraction of sp³-hybridized carbons (Fsp3) is 0.250. The second-order valence-corrected chi connectivity index (χ2v) is 11.9. The van der Waals surface area contributed by atoms with E-state index >= 15 is 0 Å². The molecule has 0 saturated carbocycles. The molecule has 0 spiro atoms. The number of rotatable bonds is 10. The number of hydrogen-bond acceptors (Lipinski definition) is 9. The van der Waals surface area contributed by atoms with Gasteiger partial charge >= 0.3 is 0 Å². The standard InChI is InChI=1S/C28H29ClN4O7S/c1-28(2,3)19-5-8-21(9-6-19)41(36,37)32-26-24(40-23-17-20(38-4)7-10-22(23)29)27(39-16-15-34)31-25(30-26)18-11-13-33(35)14-12-18/h5-14,17,34H,15-16H2,1-4H3,(H,30,31,32). The number of nitrogens with zero attached hydrogens (tertiary/aromatic N) is 3. The second-order valence-electron chi connectivity index (χ2n) is 9.83. The van der Waals surface area contributed by atoms with E-state index in [1.807, 2.05) is 20.8 Å². The van der Waals surface area contributed by atoms with Crippen LogP contribution in [0.3, 0.4) is 0 Å². The van der Waals surface area contributed by atoms with Crippen molar-refractivity contribution in [3.8, 4) is 34.5 Å². The van der Waals surface area contributed by atoms with Crippen LogP contribution in [0, 0.1) is 5.21 Å². The Morgan fingerprint density at radius 2 is 1.73 bits per heavy atom. The normalized spacial score (nSPS) is 11.7. The van der Waals surface area contributed by atoms with Gasteiger partial charge in [-0.2, -0.15) is 9.71 Å². The summed E-state index contributed by atoms with van der Waals surface area (Å²) in [7, 11) is -2.72. The van der Waals surface area contributed by atoms with Gasteiger partial charge in [-0.25, -0.2) is 13.4 Å². The molecule has 11 nitrogen and oxygen atoms in total. The monoisotopic (exact) mass is 600 g/mol. The van der Waals surface area contributed by atoms with Crippen LogP contribution in [0.2, 0.25) is 5.02 Å². The smallest absolute Gasteiger partial charge is 0.263 e. The molecule has 0 aliphatic carbocycles. The summed E-state index contributed by atoms with van der Waals surface area (Å²) in [5.74, 6) is -0.0806. The summed E-state index contributed by atoms with van der Waals surface area (Å²) >= 11 is 6.36. The number of aliphatic hydroxyl groups is 1. The van der Waals surface area contributed by atoms with Crippen LogP contribution in [0.25, 0.3) is 11.4 Å². The van der Waals surface area contributed by atoms with Gasteiger partial charge in [0.15, 0.2) is 24.0 Å². The molecule has 0 bridgehead atoms. The zero-order chi connectivity index (χ0) is 29.8. The summed E-state index contributed by atoms with van der Waals surface area (Å²) in [4.78, 5) is 8.80. The van der Waals surface area contributed by atoms with Crippen LogP contribution in [-0.4, -0.2) is 43.8 Å². The van der Waals surface area contributed by atoms with E-state index in [1.54, 1.807) is 24.3 Å². The third-order valence-corrected chi connectivity index (χ3v) is 7.50. The van der Waals surface area contributed by atoms with Crippen molar-refractivity contribution in [1.82, 2.24) is 9.97 Å². The Morgan fingerprint density at radius 1 is 1.05 bits per heavy atom. The summed E-state index contributed by atoms with van der Waals surface area (Å²) in [5.41, 5.74) is 1.18. The lowest BCUT2D eigenvalue weighted by Crippen LogP contribution is -2.23. The Bertz CT molecular complexity index is 1630. The molecule has 2 heterocycles.